The third kappa shape index (κ3) is 65.5. The van der Waals surface area contributed by atoms with Crippen molar-refractivity contribution < 1.29 is 28.6 Å². The summed E-state index contributed by atoms with van der Waals surface area (Å²) >= 11 is 0. The van der Waals surface area contributed by atoms with Crippen molar-refractivity contribution >= 4 is 17.9 Å². The fraction of sp³-hybridized carbons (Fsp3) is 0.795. The number of carbonyl (C=O) groups excluding carboxylic acids is 3. The predicted octanol–water partition coefficient (Wildman–Crippen LogP) is 23.7. The van der Waals surface area contributed by atoms with E-state index < -0.39 is 6.10 Å². The zero-order chi connectivity index (χ0) is 57.1. The van der Waals surface area contributed by atoms with Crippen molar-refractivity contribution in [1.82, 2.24) is 0 Å². The number of hydrogen-bond acceptors (Lipinski definition) is 6. The summed E-state index contributed by atoms with van der Waals surface area (Å²) in [5.74, 6) is -0.965. The van der Waals surface area contributed by atoms with Gasteiger partial charge in [0, 0.05) is 19.3 Å². The highest BCUT2D eigenvalue weighted by Gasteiger charge is 2.19. The van der Waals surface area contributed by atoms with Gasteiger partial charge in [0.25, 0.3) is 0 Å². The normalized spacial score (nSPS) is 12.5. The number of unbranched alkanes of at least 4 members (excludes halogenated alkanes) is 40. The van der Waals surface area contributed by atoms with Crippen molar-refractivity contribution in [3.05, 3.63) is 72.9 Å². The molecular formula is C73H130O6. The molecule has 6 nitrogen and oxygen atoms in total. The van der Waals surface area contributed by atoms with Crippen LogP contribution in [0.4, 0.5) is 0 Å². The molecular weight excluding hydrogens is 973 g/mol. The third-order valence-corrected chi connectivity index (χ3v) is 15.2. The highest BCUT2D eigenvalue weighted by molar-refractivity contribution is 5.71. The Morgan fingerprint density at radius 3 is 0.848 bits per heavy atom. The Hall–Kier alpha value is -3.15. The summed E-state index contributed by atoms with van der Waals surface area (Å²) in [5.41, 5.74) is 0. The lowest BCUT2D eigenvalue weighted by atomic mass is 10.0. The molecule has 0 spiro atoms. The maximum absolute atomic E-state index is 12.9. The standard InChI is InChI=1S/C73H130O6/c1-4-7-10-13-16-19-22-25-27-29-31-32-33-34-35-36-37-38-39-40-42-43-45-48-51-54-57-60-63-66-72(75)78-69-70(68-77-71(74)65-62-59-56-53-50-47-24-21-18-15-12-9-6-3)79-73(76)67-64-61-58-55-52-49-46-44-41-30-28-26-23-20-17-14-11-8-5-2/h9,12,18,21,26,28-29,31,47,50,56,59,70H,4-8,10-11,13-17,19-20,22-25,27,30,32-46,48-49,51-55,57-58,60-69H2,1-3H3/b12-9-,21-18-,28-26-,31-29-,50-47-,59-56-. The van der Waals surface area contributed by atoms with Crippen LogP contribution in [0.3, 0.4) is 0 Å². The van der Waals surface area contributed by atoms with Crippen molar-refractivity contribution in [3.63, 3.8) is 0 Å². The van der Waals surface area contributed by atoms with Gasteiger partial charge in [0.15, 0.2) is 6.10 Å². The number of hydrogen-bond donors (Lipinski definition) is 0. The van der Waals surface area contributed by atoms with Gasteiger partial charge in [0.2, 0.25) is 0 Å². The van der Waals surface area contributed by atoms with Crippen LogP contribution in [0.1, 0.15) is 355 Å². The van der Waals surface area contributed by atoms with E-state index in [1.165, 1.54) is 244 Å². The number of ether oxygens (including phenoxy) is 3. The minimum Gasteiger partial charge on any atom is -0.462 e. The second-order valence-electron chi connectivity index (χ2n) is 23.1. The van der Waals surface area contributed by atoms with Gasteiger partial charge < -0.3 is 14.2 Å². The molecule has 0 aliphatic carbocycles. The molecule has 1 unspecified atom stereocenters. The van der Waals surface area contributed by atoms with Gasteiger partial charge in [-0.1, -0.05) is 312 Å². The van der Waals surface area contributed by atoms with E-state index in [0.29, 0.717) is 19.3 Å². The first kappa shape index (κ1) is 75.8. The molecule has 0 N–H and O–H groups in total. The molecule has 0 saturated carbocycles. The maximum Gasteiger partial charge on any atom is 0.306 e. The maximum atomic E-state index is 12.9. The van der Waals surface area contributed by atoms with Crippen molar-refractivity contribution in [3.8, 4) is 0 Å². The fourth-order valence-electron chi connectivity index (χ4n) is 10.0. The van der Waals surface area contributed by atoms with Crippen LogP contribution in [0, 0.1) is 0 Å². The van der Waals surface area contributed by atoms with Gasteiger partial charge in [-0.2, -0.15) is 0 Å². The molecule has 0 fully saturated rings. The van der Waals surface area contributed by atoms with E-state index in [4.69, 9.17) is 14.2 Å². The van der Waals surface area contributed by atoms with Gasteiger partial charge in [0.1, 0.15) is 13.2 Å². The summed E-state index contributed by atoms with van der Waals surface area (Å²) in [5, 5.41) is 0. The number of carbonyl (C=O) groups is 3. The second kappa shape index (κ2) is 67.4. The molecule has 0 aromatic heterocycles. The summed E-state index contributed by atoms with van der Waals surface area (Å²) in [6.45, 7) is 6.50. The first-order valence-corrected chi connectivity index (χ1v) is 34.4. The van der Waals surface area contributed by atoms with Gasteiger partial charge in [-0.3, -0.25) is 14.4 Å². The molecule has 458 valence electrons. The largest absolute Gasteiger partial charge is 0.462 e. The van der Waals surface area contributed by atoms with E-state index in [2.05, 4.69) is 87.6 Å². The first-order chi connectivity index (χ1) is 39.0. The lowest BCUT2D eigenvalue weighted by Gasteiger charge is -2.18. The fourth-order valence-corrected chi connectivity index (χ4v) is 10.0. The Balaban J connectivity index is 4.24. The average molecular weight is 1100 g/mol. The van der Waals surface area contributed by atoms with E-state index in [1.807, 2.05) is 6.08 Å². The van der Waals surface area contributed by atoms with Crippen molar-refractivity contribution in [2.75, 3.05) is 13.2 Å². The molecule has 0 aliphatic heterocycles. The second-order valence-corrected chi connectivity index (χ2v) is 23.1. The van der Waals surface area contributed by atoms with E-state index in [9.17, 15) is 14.4 Å². The summed E-state index contributed by atoms with van der Waals surface area (Å²) < 4.78 is 16.9. The zero-order valence-corrected chi connectivity index (χ0v) is 52.6. The van der Waals surface area contributed by atoms with Crippen LogP contribution in [0.5, 0.6) is 0 Å². The van der Waals surface area contributed by atoms with Crippen LogP contribution in [0.25, 0.3) is 0 Å². The summed E-state index contributed by atoms with van der Waals surface area (Å²) in [4.78, 5) is 38.3. The van der Waals surface area contributed by atoms with Gasteiger partial charge in [-0.15, -0.1) is 0 Å². The van der Waals surface area contributed by atoms with Crippen LogP contribution in [-0.4, -0.2) is 37.2 Å². The molecule has 0 amide bonds. The van der Waals surface area contributed by atoms with Gasteiger partial charge in [0.05, 0.1) is 0 Å². The predicted molar refractivity (Wildman–Crippen MR) is 344 cm³/mol. The zero-order valence-electron chi connectivity index (χ0n) is 52.6. The SMILES string of the molecule is CC/C=C\C/C=C\C/C=C\C/C=C\CCC(=O)OCC(COC(=O)CCCCCCCCCCCCCCCCCCC/C=C\CCCCCCCCCC)OC(=O)CCCCCCCCCCC/C=C\CCCCCCCC. The van der Waals surface area contributed by atoms with E-state index in [1.54, 1.807) is 0 Å². The Bertz CT molecular complexity index is 1450. The Labute approximate surface area is 491 Å². The third-order valence-electron chi connectivity index (χ3n) is 15.2. The van der Waals surface area contributed by atoms with Crippen LogP contribution >= 0.6 is 0 Å². The van der Waals surface area contributed by atoms with Crippen LogP contribution in [0.15, 0.2) is 72.9 Å². The van der Waals surface area contributed by atoms with Crippen molar-refractivity contribution in [2.45, 2.75) is 361 Å². The molecule has 0 heterocycles. The Morgan fingerprint density at radius 1 is 0.266 bits per heavy atom. The van der Waals surface area contributed by atoms with Gasteiger partial charge in [-0.05, 0) is 96.3 Å². The monoisotopic (exact) mass is 1100 g/mol. The Morgan fingerprint density at radius 2 is 0.519 bits per heavy atom. The van der Waals surface area contributed by atoms with Crippen molar-refractivity contribution in [2.24, 2.45) is 0 Å². The number of esters is 3. The topological polar surface area (TPSA) is 78.9 Å². The van der Waals surface area contributed by atoms with E-state index in [0.717, 1.165) is 64.2 Å². The number of rotatable bonds is 63. The van der Waals surface area contributed by atoms with Gasteiger partial charge >= 0.3 is 17.9 Å². The quantitative estimate of drug-likeness (QED) is 0.0261. The molecule has 0 aliphatic rings. The van der Waals surface area contributed by atoms with Crippen LogP contribution in [-0.2, 0) is 28.6 Å². The van der Waals surface area contributed by atoms with Crippen LogP contribution < -0.4 is 0 Å². The molecule has 79 heavy (non-hydrogen) atoms. The van der Waals surface area contributed by atoms with E-state index >= 15 is 0 Å². The highest BCUT2D eigenvalue weighted by Crippen LogP contribution is 2.17. The summed E-state index contributed by atoms with van der Waals surface area (Å²) in [7, 11) is 0. The summed E-state index contributed by atoms with van der Waals surface area (Å²) in [6.07, 6.45) is 88.1. The lowest BCUT2D eigenvalue weighted by molar-refractivity contribution is -0.166. The van der Waals surface area contributed by atoms with Gasteiger partial charge in [-0.25, -0.2) is 0 Å². The molecule has 0 aromatic rings. The molecule has 0 saturated heterocycles. The van der Waals surface area contributed by atoms with Crippen LogP contribution in [0.2, 0.25) is 0 Å². The summed E-state index contributed by atoms with van der Waals surface area (Å²) in [6, 6.07) is 0. The molecule has 1 atom stereocenters. The smallest absolute Gasteiger partial charge is 0.306 e. The molecule has 0 bridgehead atoms. The first-order valence-electron chi connectivity index (χ1n) is 34.4. The molecule has 0 aromatic carbocycles. The minimum atomic E-state index is -0.805. The highest BCUT2D eigenvalue weighted by atomic mass is 16.6. The molecule has 0 rings (SSSR count). The lowest BCUT2D eigenvalue weighted by Crippen LogP contribution is -2.30. The Kier molecular flexibility index (Phi) is 64.7. The minimum absolute atomic E-state index is 0.0953. The number of allylic oxidation sites excluding steroid dienone is 12. The average Bonchev–Trinajstić information content (AvgIpc) is 3.45. The van der Waals surface area contributed by atoms with Crippen molar-refractivity contribution in [1.29, 1.82) is 0 Å². The van der Waals surface area contributed by atoms with E-state index in [-0.39, 0.29) is 37.5 Å². The molecule has 6 heteroatoms. The molecule has 0 radical (unpaired) electrons.